The lowest BCUT2D eigenvalue weighted by Gasteiger charge is -2.32. The zero-order chi connectivity index (χ0) is 18.6. The largest absolute Gasteiger partial charge is 0.369 e. The van der Waals surface area contributed by atoms with E-state index in [0.29, 0.717) is 0 Å². The molecule has 1 aromatic carbocycles. The van der Waals surface area contributed by atoms with E-state index in [1.54, 1.807) is 29.8 Å². The van der Waals surface area contributed by atoms with Gasteiger partial charge in [-0.05, 0) is 43.8 Å². The smallest absolute Gasteiger partial charge is 0.147 e. The molecule has 0 radical (unpaired) electrons. The topological polar surface area (TPSA) is 44.3 Å². The van der Waals surface area contributed by atoms with Gasteiger partial charge in [0.1, 0.15) is 18.0 Å². The van der Waals surface area contributed by atoms with Crippen molar-refractivity contribution in [3.05, 3.63) is 42.5 Å². The second-order valence-corrected chi connectivity index (χ2v) is 8.03. The Hall–Kier alpha value is -2.09. The van der Waals surface area contributed by atoms with E-state index in [1.807, 2.05) is 6.07 Å². The Morgan fingerprint density at radius 1 is 1.11 bits per heavy atom. The predicted molar refractivity (Wildman–Crippen MR) is 110 cm³/mol. The number of nitrogens with one attached hydrogen (secondary N) is 1. The summed E-state index contributed by atoms with van der Waals surface area (Å²) in [5.74, 6) is 0.666. The molecular formula is C20H24FN5S. The van der Waals surface area contributed by atoms with E-state index >= 15 is 0 Å². The summed E-state index contributed by atoms with van der Waals surface area (Å²) in [7, 11) is 2.18. The minimum absolute atomic E-state index is 0.220. The zero-order valence-corrected chi connectivity index (χ0v) is 16.3. The predicted octanol–water partition coefficient (Wildman–Crippen LogP) is 3.55. The Morgan fingerprint density at radius 2 is 1.89 bits per heavy atom. The molecule has 142 valence electrons. The van der Waals surface area contributed by atoms with Crippen LogP contribution in [-0.4, -0.2) is 66.1 Å². The number of nitrogens with zero attached hydrogens (tertiary/aromatic N) is 4. The van der Waals surface area contributed by atoms with Crippen molar-refractivity contribution in [2.45, 2.75) is 6.42 Å². The van der Waals surface area contributed by atoms with E-state index in [1.165, 1.54) is 12.1 Å². The summed E-state index contributed by atoms with van der Waals surface area (Å²) < 4.78 is 14.2. The molecule has 5 nitrogen and oxygen atoms in total. The first-order valence-corrected chi connectivity index (χ1v) is 10.2. The van der Waals surface area contributed by atoms with Crippen LogP contribution in [0.15, 0.2) is 36.7 Å². The number of thiophene rings is 1. The minimum Gasteiger partial charge on any atom is -0.369 e. The molecule has 1 aliphatic heterocycles. The van der Waals surface area contributed by atoms with Crippen LogP contribution in [0, 0.1) is 5.82 Å². The van der Waals surface area contributed by atoms with Crippen LogP contribution in [0.25, 0.3) is 20.7 Å². The van der Waals surface area contributed by atoms with Crippen LogP contribution in [0.4, 0.5) is 10.2 Å². The van der Waals surface area contributed by atoms with Crippen molar-refractivity contribution in [2.24, 2.45) is 0 Å². The van der Waals surface area contributed by atoms with Crippen LogP contribution in [0.5, 0.6) is 0 Å². The Labute approximate surface area is 162 Å². The average molecular weight is 386 g/mol. The quantitative estimate of drug-likeness (QED) is 0.658. The van der Waals surface area contributed by atoms with Gasteiger partial charge in [0, 0.05) is 37.6 Å². The standard InChI is InChI=1S/C20H24FN5S/c1-25-9-11-26(12-10-25)8-2-7-22-20-19-17(23-14-24-20)13-18(27-19)15-3-5-16(21)6-4-15/h3-6,13-14H,2,7-12H2,1H3,(H,22,23,24). The normalized spacial score (nSPS) is 16.1. The molecule has 4 rings (SSSR count). The first-order valence-electron chi connectivity index (χ1n) is 9.34. The summed E-state index contributed by atoms with van der Waals surface area (Å²) >= 11 is 1.64. The van der Waals surface area contributed by atoms with E-state index in [9.17, 15) is 4.39 Å². The Morgan fingerprint density at radius 3 is 2.67 bits per heavy atom. The third-order valence-corrected chi connectivity index (χ3v) is 6.16. The number of likely N-dealkylation sites (N-methyl/N-ethyl adjacent to an activating group) is 1. The molecule has 0 unspecified atom stereocenters. The molecule has 0 atom stereocenters. The molecule has 0 spiro atoms. The van der Waals surface area contributed by atoms with Gasteiger partial charge in [-0.15, -0.1) is 11.3 Å². The van der Waals surface area contributed by atoms with Gasteiger partial charge >= 0.3 is 0 Å². The highest BCUT2D eigenvalue weighted by Gasteiger charge is 2.13. The molecule has 1 fully saturated rings. The molecule has 1 aliphatic rings. The van der Waals surface area contributed by atoms with Gasteiger partial charge < -0.3 is 15.1 Å². The van der Waals surface area contributed by atoms with E-state index in [-0.39, 0.29) is 5.82 Å². The summed E-state index contributed by atoms with van der Waals surface area (Å²) in [5, 5.41) is 3.47. The molecular weight excluding hydrogens is 361 g/mol. The van der Waals surface area contributed by atoms with Crippen LogP contribution >= 0.6 is 11.3 Å². The summed E-state index contributed by atoms with van der Waals surface area (Å²) in [6, 6.07) is 8.63. The fraction of sp³-hybridized carbons (Fsp3) is 0.400. The number of hydrogen-bond donors (Lipinski definition) is 1. The molecule has 3 aromatic rings. The third kappa shape index (κ3) is 4.43. The van der Waals surface area contributed by atoms with Gasteiger partial charge in [0.15, 0.2) is 0 Å². The minimum atomic E-state index is -0.220. The van der Waals surface area contributed by atoms with E-state index in [4.69, 9.17) is 0 Å². The van der Waals surface area contributed by atoms with Crippen molar-refractivity contribution < 1.29 is 4.39 Å². The molecule has 3 heterocycles. The molecule has 0 amide bonds. The van der Waals surface area contributed by atoms with Gasteiger partial charge in [0.05, 0.1) is 10.2 Å². The van der Waals surface area contributed by atoms with Crippen LogP contribution in [0.1, 0.15) is 6.42 Å². The first-order chi connectivity index (χ1) is 13.2. The zero-order valence-electron chi connectivity index (χ0n) is 15.5. The van der Waals surface area contributed by atoms with Crippen molar-refractivity contribution in [3.63, 3.8) is 0 Å². The number of benzene rings is 1. The van der Waals surface area contributed by atoms with Gasteiger partial charge in [-0.25, -0.2) is 14.4 Å². The lowest BCUT2D eigenvalue weighted by atomic mass is 10.2. The van der Waals surface area contributed by atoms with Crippen LogP contribution in [0.3, 0.4) is 0 Å². The van der Waals surface area contributed by atoms with Crippen molar-refractivity contribution in [3.8, 4) is 10.4 Å². The van der Waals surface area contributed by atoms with Gasteiger partial charge in [-0.3, -0.25) is 0 Å². The van der Waals surface area contributed by atoms with Crippen molar-refractivity contribution in [2.75, 3.05) is 51.6 Å². The molecule has 2 aromatic heterocycles. The maximum Gasteiger partial charge on any atom is 0.147 e. The summed E-state index contributed by atoms with van der Waals surface area (Å²) in [6.45, 7) is 6.62. The number of fused-ring (bicyclic) bond motifs is 1. The molecule has 0 aliphatic carbocycles. The highest BCUT2D eigenvalue weighted by Crippen LogP contribution is 2.35. The average Bonchev–Trinajstić information content (AvgIpc) is 3.12. The second kappa shape index (κ2) is 8.29. The highest BCUT2D eigenvalue weighted by molar-refractivity contribution is 7.22. The molecule has 1 N–H and O–H groups in total. The number of aromatic nitrogens is 2. The van der Waals surface area contributed by atoms with Crippen LogP contribution in [-0.2, 0) is 0 Å². The molecule has 0 bridgehead atoms. The van der Waals surface area contributed by atoms with Crippen molar-refractivity contribution >= 4 is 27.4 Å². The summed E-state index contributed by atoms with van der Waals surface area (Å²) in [5.41, 5.74) is 1.93. The van der Waals surface area contributed by atoms with Gasteiger partial charge in [-0.2, -0.15) is 0 Å². The van der Waals surface area contributed by atoms with Gasteiger partial charge in [0.2, 0.25) is 0 Å². The highest BCUT2D eigenvalue weighted by atomic mass is 32.1. The number of anilines is 1. The Balaban J connectivity index is 1.39. The molecule has 1 saturated heterocycles. The van der Waals surface area contributed by atoms with Crippen molar-refractivity contribution in [1.29, 1.82) is 0 Å². The van der Waals surface area contributed by atoms with Crippen LogP contribution < -0.4 is 5.32 Å². The van der Waals surface area contributed by atoms with E-state index in [0.717, 1.165) is 72.2 Å². The number of hydrogen-bond acceptors (Lipinski definition) is 6. The Kier molecular flexibility index (Phi) is 5.61. The third-order valence-electron chi connectivity index (χ3n) is 4.98. The number of rotatable bonds is 6. The van der Waals surface area contributed by atoms with Crippen molar-refractivity contribution in [1.82, 2.24) is 19.8 Å². The van der Waals surface area contributed by atoms with Gasteiger partial charge in [0.25, 0.3) is 0 Å². The van der Waals surface area contributed by atoms with Gasteiger partial charge in [-0.1, -0.05) is 12.1 Å². The monoisotopic (exact) mass is 385 g/mol. The molecule has 0 saturated carbocycles. The van der Waals surface area contributed by atoms with Crippen LogP contribution in [0.2, 0.25) is 0 Å². The molecule has 7 heteroatoms. The Bertz CT molecular complexity index is 887. The second-order valence-electron chi connectivity index (χ2n) is 6.98. The lowest BCUT2D eigenvalue weighted by Crippen LogP contribution is -2.44. The maximum absolute atomic E-state index is 13.2. The lowest BCUT2D eigenvalue weighted by molar-refractivity contribution is 0.154. The fourth-order valence-corrected chi connectivity index (χ4v) is 4.40. The number of piperazine rings is 1. The SMILES string of the molecule is CN1CCN(CCCNc2ncnc3cc(-c4ccc(F)cc4)sc23)CC1. The molecule has 27 heavy (non-hydrogen) atoms. The fourth-order valence-electron chi connectivity index (χ4n) is 3.32. The number of halogens is 1. The summed E-state index contributed by atoms with van der Waals surface area (Å²) in [4.78, 5) is 14.8. The maximum atomic E-state index is 13.2. The van der Waals surface area contributed by atoms with E-state index < -0.39 is 0 Å². The summed E-state index contributed by atoms with van der Waals surface area (Å²) in [6.07, 6.45) is 2.69. The van der Waals surface area contributed by atoms with E-state index in [2.05, 4.69) is 32.1 Å². The first kappa shape index (κ1) is 18.3.